The van der Waals surface area contributed by atoms with Gasteiger partial charge in [-0.05, 0) is 6.42 Å². The van der Waals surface area contributed by atoms with Gasteiger partial charge >= 0.3 is 6.03 Å². The van der Waals surface area contributed by atoms with Crippen LogP contribution in [0.15, 0.2) is 15.0 Å². The van der Waals surface area contributed by atoms with Crippen molar-refractivity contribution in [3.8, 4) is 0 Å². The summed E-state index contributed by atoms with van der Waals surface area (Å²) in [7, 11) is 0. The predicted octanol–water partition coefficient (Wildman–Crippen LogP) is 2.63. The lowest BCUT2D eigenvalue weighted by Crippen LogP contribution is -2.41. The summed E-state index contributed by atoms with van der Waals surface area (Å²) in [5.74, 6) is 0.271. The maximum absolute atomic E-state index is 11.5. The second kappa shape index (κ2) is 7.07. The summed E-state index contributed by atoms with van der Waals surface area (Å²) < 4.78 is 0. The van der Waals surface area contributed by atoms with E-state index in [4.69, 9.17) is 0 Å². The van der Waals surface area contributed by atoms with Crippen molar-refractivity contribution < 1.29 is 9.59 Å². The third kappa shape index (κ3) is 3.82. The highest BCUT2D eigenvalue weighted by Crippen LogP contribution is 2.13. The van der Waals surface area contributed by atoms with Crippen LogP contribution in [0.1, 0.15) is 58.3 Å². The van der Waals surface area contributed by atoms with Crippen LogP contribution in [0, 0.1) is 0 Å². The molecule has 2 heterocycles. The zero-order valence-electron chi connectivity index (χ0n) is 11.8. The first kappa shape index (κ1) is 14.6. The molecule has 0 aromatic carbocycles. The number of carbonyl (C=O) groups excluding carboxylic acids is 2. The Hall–Kier alpha value is -1.85. The van der Waals surface area contributed by atoms with Crippen molar-refractivity contribution in [1.29, 1.82) is 0 Å². The van der Waals surface area contributed by atoms with E-state index >= 15 is 0 Å². The lowest BCUT2D eigenvalue weighted by Gasteiger charge is -2.05. The van der Waals surface area contributed by atoms with E-state index < -0.39 is 11.9 Å². The Morgan fingerprint density at radius 2 is 1.60 bits per heavy atom. The van der Waals surface area contributed by atoms with E-state index in [-0.39, 0.29) is 11.5 Å². The summed E-state index contributed by atoms with van der Waals surface area (Å²) in [6.45, 7) is 2.21. The van der Waals surface area contributed by atoms with Crippen molar-refractivity contribution in [1.82, 2.24) is 5.32 Å². The van der Waals surface area contributed by atoms with Gasteiger partial charge in [-0.1, -0.05) is 45.4 Å². The monoisotopic (exact) mass is 276 g/mol. The molecule has 0 atom stereocenters. The molecule has 0 radical (unpaired) electrons. The Labute approximate surface area is 118 Å². The number of nitrogens with one attached hydrogen (secondary N) is 1. The quantitative estimate of drug-likeness (QED) is 0.691. The van der Waals surface area contributed by atoms with Crippen LogP contribution in [0.5, 0.6) is 0 Å². The van der Waals surface area contributed by atoms with Crippen LogP contribution in [-0.2, 0) is 4.79 Å². The topological polar surface area (TPSA) is 83.2 Å². The van der Waals surface area contributed by atoms with Crippen LogP contribution in [0.2, 0.25) is 0 Å². The Morgan fingerprint density at radius 1 is 0.900 bits per heavy atom. The van der Waals surface area contributed by atoms with Gasteiger partial charge in [0.1, 0.15) is 5.84 Å². The lowest BCUT2D eigenvalue weighted by molar-refractivity contribution is -0.113. The molecule has 20 heavy (non-hydrogen) atoms. The van der Waals surface area contributed by atoms with E-state index in [2.05, 4.69) is 27.2 Å². The standard InChI is InChI=1S/C14H20N4O2/c1-2-3-4-5-6-7-8-9-10-15-11-12(16-10)17-14(20)18-13(11)19/h2-9H2,1H3,(H,18,19,20). The SMILES string of the molecule is CCCCCCCCCC1=NC2=NC(=O)NC(=O)C2=N1. The average molecular weight is 276 g/mol. The first-order chi connectivity index (χ1) is 9.70. The smallest absolute Gasteiger partial charge is 0.271 e. The minimum Gasteiger partial charge on any atom is -0.271 e. The highest BCUT2D eigenvalue weighted by molar-refractivity contribution is 6.72. The van der Waals surface area contributed by atoms with Crippen LogP contribution < -0.4 is 5.32 Å². The molecule has 0 saturated carbocycles. The normalized spacial score (nSPS) is 17.4. The van der Waals surface area contributed by atoms with Crippen molar-refractivity contribution in [2.45, 2.75) is 58.3 Å². The molecule has 0 aliphatic carbocycles. The number of amides is 3. The summed E-state index contributed by atoms with van der Waals surface area (Å²) >= 11 is 0. The van der Waals surface area contributed by atoms with E-state index in [0.717, 1.165) is 19.3 Å². The molecule has 1 N–H and O–H groups in total. The molecule has 0 aromatic heterocycles. The first-order valence-corrected chi connectivity index (χ1v) is 7.31. The fourth-order valence-corrected chi connectivity index (χ4v) is 2.24. The number of rotatable bonds is 8. The number of imide groups is 1. The Bertz CT molecular complexity index is 491. The summed E-state index contributed by atoms with van der Waals surface area (Å²) in [5, 5.41) is 2.10. The van der Waals surface area contributed by atoms with Gasteiger partial charge in [-0.15, -0.1) is 0 Å². The number of nitrogens with zero attached hydrogens (tertiary/aromatic N) is 3. The molecular weight excluding hydrogens is 256 g/mol. The molecule has 3 amide bonds. The number of fused-ring (bicyclic) bond motifs is 1. The number of amidine groups is 2. The van der Waals surface area contributed by atoms with Gasteiger partial charge in [0.15, 0.2) is 11.5 Å². The van der Waals surface area contributed by atoms with Crippen LogP contribution >= 0.6 is 0 Å². The summed E-state index contributed by atoms with van der Waals surface area (Å²) in [6, 6.07) is -0.662. The van der Waals surface area contributed by atoms with E-state index in [0.29, 0.717) is 5.84 Å². The molecule has 2 aliphatic rings. The van der Waals surface area contributed by atoms with E-state index in [1.54, 1.807) is 0 Å². The molecule has 0 unspecified atom stereocenters. The van der Waals surface area contributed by atoms with Gasteiger partial charge in [-0.2, -0.15) is 4.99 Å². The first-order valence-electron chi connectivity index (χ1n) is 7.31. The van der Waals surface area contributed by atoms with Crippen LogP contribution in [0.4, 0.5) is 4.79 Å². The molecule has 108 valence electrons. The van der Waals surface area contributed by atoms with Crippen LogP contribution in [0.25, 0.3) is 0 Å². The fourth-order valence-electron chi connectivity index (χ4n) is 2.24. The average Bonchev–Trinajstić information content (AvgIpc) is 2.81. The maximum Gasteiger partial charge on any atom is 0.350 e. The van der Waals surface area contributed by atoms with Gasteiger partial charge < -0.3 is 0 Å². The molecule has 0 fully saturated rings. The van der Waals surface area contributed by atoms with Gasteiger partial charge in [-0.25, -0.2) is 14.8 Å². The molecule has 0 aromatic rings. The third-order valence-electron chi connectivity index (χ3n) is 3.33. The summed E-state index contributed by atoms with van der Waals surface area (Å²) in [4.78, 5) is 34.5. The molecule has 6 heteroatoms. The van der Waals surface area contributed by atoms with Gasteiger partial charge in [0.05, 0.1) is 0 Å². The van der Waals surface area contributed by atoms with Crippen molar-refractivity contribution in [3.05, 3.63) is 0 Å². The van der Waals surface area contributed by atoms with Gasteiger partial charge in [0.2, 0.25) is 0 Å². The van der Waals surface area contributed by atoms with Crippen LogP contribution in [-0.4, -0.2) is 29.3 Å². The van der Waals surface area contributed by atoms with E-state index in [1.165, 1.54) is 32.1 Å². The molecule has 2 aliphatic heterocycles. The Morgan fingerprint density at radius 3 is 2.35 bits per heavy atom. The number of aliphatic imine (C=N–C) groups is 3. The summed E-state index contributed by atoms with van der Waals surface area (Å²) in [5.41, 5.74) is 0.169. The minimum absolute atomic E-state index is 0.164. The van der Waals surface area contributed by atoms with Crippen LogP contribution in [0.3, 0.4) is 0 Å². The fraction of sp³-hybridized carbons (Fsp3) is 0.643. The van der Waals surface area contributed by atoms with Gasteiger partial charge in [-0.3, -0.25) is 10.1 Å². The van der Waals surface area contributed by atoms with Gasteiger partial charge in [0, 0.05) is 6.42 Å². The number of carbonyl (C=O) groups is 2. The molecule has 0 saturated heterocycles. The molecule has 6 nitrogen and oxygen atoms in total. The number of unbranched alkanes of at least 4 members (excludes halogenated alkanes) is 6. The maximum atomic E-state index is 11.5. The number of hydrogen-bond acceptors (Lipinski definition) is 4. The number of urea groups is 1. The highest BCUT2D eigenvalue weighted by atomic mass is 16.2. The summed E-state index contributed by atoms with van der Waals surface area (Å²) in [6.07, 6.45) is 9.26. The highest BCUT2D eigenvalue weighted by Gasteiger charge is 2.30. The second-order valence-corrected chi connectivity index (χ2v) is 5.05. The second-order valence-electron chi connectivity index (χ2n) is 5.05. The molecule has 0 spiro atoms. The van der Waals surface area contributed by atoms with Crippen molar-refractivity contribution in [2.24, 2.45) is 15.0 Å². The lowest BCUT2D eigenvalue weighted by atomic mass is 10.1. The van der Waals surface area contributed by atoms with Crippen molar-refractivity contribution in [3.63, 3.8) is 0 Å². The van der Waals surface area contributed by atoms with E-state index in [9.17, 15) is 9.59 Å². The Balaban J connectivity index is 1.73. The zero-order chi connectivity index (χ0) is 14.4. The zero-order valence-corrected chi connectivity index (χ0v) is 11.8. The van der Waals surface area contributed by atoms with Crippen molar-refractivity contribution in [2.75, 3.05) is 0 Å². The van der Waals surface area contributed by atoms with Gasteiger partial charge in [0.25, 0.3) is 5.91 Å². The largest absolute Gasteiger partial charge is 0.350 e. The molecule has 2 rings (SSSR count). The van der Waals surface area contributed by atoms with Crippen molar-refractivity contribution >= 4 is 29.3 Å². The molecule has 0 bridgehead atoms. The number of hydrogen-bond donors (Lipinski definition) is 1. The minimum atomic E-state index is -0.662. The predicted molar refractivity (Wildman–Crippen MR) is 78.5 cm³/mol. The third-order valence-corrected chi connectivity index (χ3v) is 3.33. The van der Waals surface area contributed by atoms with E-state index in [1.807, 2.05) is 0 Å². The molecular formula is C14H20N4O2. The Kier molecular flexibility index (Phi) is 5.15.